The van der Waals surface area contributed by atoms with Gasteiger partial charge in [0.1, 0.15) is 18.0 Å². The van der Waals surface area contributed by atoms with Crippen molar-refractivity contribution < 1.29 is 4.74 Å². The molecule has 1 aliphatic rings. The first-order valence-corrected chi connectivity index (χ1v) is 6.03. The number of ether oxygens (including phenoxy) is 1. The molecule has 0 amide bonds. The van der Waals surface area contributed by atoms with Crippen LogP contribution in [0.25, 0.3) is 0 Å². The van der Waals surface area contributed by atoms with E-state index in [-0.39, 0.29) is 0 Å². The zero-order valence-corrected chi connectivity index (χ0v) is 10.5. The van der Waals surface area contributed by atoms with E-state index < -0.39 is 0 Å². The lowest BCUT2D eigenvalue weighted by Crippen LogP contribution is -2.38. The minimum Gasteiger partial charge on any atom is -0.384 e. The molecule has 0 spiro atoms. The number of hydrogen-bond donors (Lipinski definition) is 1. The van der Waals surface area contributed by atoms with Crippen LogP contribution in [0.2, 0.25) is 0 Å². The van der Waals surface area contributed by atoms with Crippen LogP contribution in [-0.4, -0.2) is 36.8 Å². The summed E-state index contributed by atoms with van der Waals surface area (Å²) >= 11 is 0. The van der Waals surface area contributed by atoms with Crippen molar-refractivity contribution in [1.29, 1.82) is 0 Å². The van der Waals surface area contributed by atoms with Gasteiger partial charge >= 0.3 is 0 Å². The summed E-state index contributed by atoms with van der Waals surface area (Å²) < 4.78 is 5.24. The van der Waals surface area contributed by atoms with Crippen molar-refractivity contribution in [3.8, 4) is 0 Å². The van der Waals surface area contributed by atoms with Crippen molar-refractivity contribution in [2.45, 2.75) is 19.8 Å². The van der Waals surface area contributed by atoms with E-state index in [9.17, 15) is 0 Å². The fourth-order valence-corrected chi connectivity index (χ4v) is 2.40. The monoisotopic (exact) mass is 236 g/mol. The largest absolute Gasteiger partial charge is 0.384 e. The van der Waals surface area contributed by atoms with Crippen molar-refractivity contribution in [2.75, 3.05) is 37.4 Å². The Hall–Kier alpha value is -1.36. The average Bonchev–Trinajstić information content (AvgIpc) is 2.33. The van der Waals surface area contributed by atoms with Gasteiger partial charge in [-0.25, -0.2) is 9.97 Å². The van der Waals surface area contributed by atoms with Crippen molar-refractivity contribution >= 4 is 11.6 Å². The molecule has 94 valence electrons. The summed E-state index contributed by atoms with van der Waals surface area (Å²) in [5, 5.41) is 0. The second kappa shape index (κ2) is 5.31. The molecule has 17 heavy (non-hydrogen) atoms. The Morgan fingerprint density at radius 1 is 1.53 bits per heavy atom. The normalized spacial score (nSPS) is 20.6. The molecule has 0 aliphatic carbocycles. The number of piperidine rings is 1. The van der Waals surface area contributed by atoms with Gasteiger partial charge in [0, 0.05) is 25.8 Å². The highest BCUT2D eigenvalue weighted by Crippen LogP contribution is 2.25. The number of nitrogens with two attached hydrogens (primary N) is 1. The van der Waals surface area contributed by atoms with Crippen molar-refractivity contribution in [2.24, 2.45) is 5.92 Å². The fourth-order valence-electron chi connectivity index (χ4n) is 2.40. The molecule has 0 radical (unpaired) electrons. The lowest BCUT2D eigenvalue weighted by molar-refractivity contribution is 0.143. The Labute approximate surface area is 102 Å². The number of methoxy groups -OCH3 is 1. The van der Waals surface area contributed by atoms with Crippen LogP contribution in [0.1, 0.15) is 18.4 Å². The van der Waals surface area contributed by atoms with Crippen LogP contribution in [0.4, 0.5) is 11.6 Å². The number of nitrogens with zero attached hydrogens (tertiary/aromatic N) is 3. The third kappa shape index (κ3) is 2.66. The van der Waals surface area contributed by atoms with E-state index >= 15 is 0 Å². The first-order valence-electron chi connectivity index (χ1n) is 6.03. The lowest BCUT2D eigenvalue weighted by Gasteiger charge is -2.34. The molecule has 2 N–H and O–H groups in total. The maximum absolute atomic E-state index is 5.82. The zero-order valence-electron chi connectivity index (χ0n) is 10.5. The van der Waals surface area contributed by atoms with Gasteiger partial charge in [-0.1, -0.05) is 0 Å². The third-order valence-electron chi connectivity index (χ3n) is 3.32. The summed E-state index contributed by atoms with van der Waals surface area (Å²) in [6.45, 7) is 4.82. The Balaban J connectivity index is 2.13. The molecule has 1 fully saturated rings. The summed E-state index contributed by atoms with van der Waals surface area (Å²) in [4.78, 5) is 10.6. The molecule has 1 unspecified atom stereocenters. The van der Waals surface area contributed by atoms with Crippen LogP contribution in [-0.2, 0) is 4.74 Å². The molecule has 1 saturated heterocycles. The first-order chi connectivity index (χ1) is 8.22. The van der Waals surface area contributed by atoms with Gasteiger partial charge in [-0.05, 0) is 25.7 Å². The number of aromatic nitrogens is 2. The Morgan fingerprint density at radius 2 is 2.35 bits per heavy atom. The second-order valence-electron chi connectivity index (χ2n) is 4.62. The molecule has 0 aromatic carbocycles. The predicted octanol–water partition coefficient (Wildman–Crippen LogP) is 1.23. The predicted molar refractivity (Wildman–Crippen MR) is 68.0 cm³/mol. The van der Waals surface area contributed by atoms with Crippen molar-refractivity contribution in [3.05, 3.63) is 11.9 Å². The number of hydrogen-bond acceptors (Lipinski definition) is 5. The first kappa shape index (κ1) is 12.1. The molecule has 5 heteroatoms. The van der Waals surface area contributed by atoms with Gasteiger partial charge in [-0.15, -0.1) is 0 Å². The summed E-state index contributed by atoms with van der Waals surface area (Å²) in [5.74, 6) is 2.13. The molecule has 1 aliphatic heterocycles. The quantitative estimate of drug-likeness (QED) is 0.855. The summed E-state index contributed by atoms with van der Waals surface area (Å²) in [7, 11) is 1.76. The van der Waals surface area contributed by atoms with E-state index in [1.807, 2.05) is 6.92 Å². The molecule has 0 bridgehead atoms. The highest BCUT2D eigenvalue weighted by atomic mass is 16.5. The molecular formula is C12H20N4O. The van der Waals surface area contributed by atoms with E-state index in [0.717, 1.165) is 31.1 Å². The third-order valence-corrected chi connectivity index (χ3v) is 3.32. The van der Waals surface area contributed by atoms with E-state index in [0.29, 0.717) is 11.7 Å². The molecule has 2 heterocycles. The van der Waals surface area contributed by atoms with Gasteiger partial charge in [0.2, 0.25) is 0 Å². The SMILES string of the molecule is COCC1CCCN(c2ncnc(N)c2C)C1. The Morgan fingerprint density at radius 3 is 3.12 bits per heavy atom. The Bertz CT molecular complexity index is 381. The highest BCUT2D eigenvalue weighted by Gasteiger charge is 2.22. The maximum Gasteiger partial charge on any atom is 0.137 e. The van der Waals surface area contributed by atoms with Crippen LogP contribution >= 0.6 is 0 Å². The molecule has 1 atom stereocenters. The summed E-state index contributed by atoms with van der Waals surface area (Å²) in [5.41, 5.74) is 6.80. The topological polar surface area (TPSA) is 64.3 Å². The standard InChI is InChI=1S/C12H20N4O/c1-9-11(13)14-8-15-12(9)16-5-3-4-10(6-16)7-17-2/h8,10H,3-7H2,1-2H3,(H2,13,14,15). The van der Waals surface area contributed by atoms with E-state index in [1.165, 1.54) is 19.2 Å². The Kier molecular flexibility index (Phi) is 3.78. The van der Waals surface area contributed by atoms with Crippen molar-refractivity contribution in [1.82, 2.24) is 9.97 Å². The van der Waals surface area contributed by atoms with E-state index in [2.05, 4.69) is 14.9 Å². The smallest absolute Gasteiger partial charge is 0.137 e. The van der Waals surface area contributed by atoms with Crippen molar-refractivity contribution in [3.63, 3.8) is 0 Å². The van der Waals surface area contributed by atoms with E-state index in [1.54, 1.807) is 7.11 Å². The van der Waals surface area contributed by atoms with Gasteiger partial charge in [0.05, 0.1) is 6.61 Å². The van der Waals surface area contributed by atoms with Crippen LogP contribution < -0.4 is 10.6 Å². The summed E-state index contributed by atoms with van der Waals surface area (Å²) in [6.07, 6.45) is 3.94. The second-order valence-corrected chi connectivity index (χ2v) is 4.62. The zero-order chi connectivity index (χ0) is 12.3. The molecule has 5 nitrogen and oxygen atoms in total. The number of nitrogen functional groups attached to an aromatic ring is 1. The van der Waals surface area contributed by atoms with Gasteiger partial charge in [-0.2, -0.15) is 0 Å². The van der Waals surface area contributed by atoms with Gasteiger partial charge in [0.15, 0.2) is 0 Å². The van der Waals surface area contributed by atoms with Crippen LogP contribution in [0.3, 0.4) is 0 Å². The molecular weight excluding hydrogens is 216 g/mol. The number of anilines is 2. The number of rotatable bonds is 3. The van der Waals surface area contributed by atoms with Gasteiger partial charge in [-0.3, -0.25) is 0 Å². The maximum atomic E-state index is 5.82. The minimum absolute atomic E-state index is 0.573. The minimum atomic E-state index is 0.573. The van der Waals surface area contributed by atoms with Crippen LogP contribution in [0.5, 0.6) is 0 Å². The highest BCUT2D eigenvalue weighted by molar-refractivity contribution is 5.55. The van der Waals surface area contributed by atoms with Crippen LogP contribution in [0.15, 0.2) is 6.33 Å². The molecule has 0 saturated carbocycles. The molecule has 2 rings (SSSR count). The summed E-state index contributed by atoms with van der Waals surface area (Å²) in [6, 6.07) is 0. The fraction of sp³-hybridized carbons (Fsp3) is 0.667. The van der Waals surface area contributed by atoms with Gasteiger partial charge in [0.25, 0.3) is 0 Å². The van der Waals surface area contributed by atoms with Crippen LogP contribution in [0, 0.1) is 12.8 Å². The molecule has 1 aromatic rings. The van der Waals surface area contributed by atoms with Gasteiger partial charge < -0.3 is 15.4 Å². The lowest BCUT2D eigenvalue weighted by atomic mass is 9.99. The average molecular weight is 236 g/mol. The van der Waals surface area contributed by atoms with E-state index in [4.69, 9.17) is 10.5 Å². The molecule has 1 aromatic heterocycles.